The van der Waals surface area contributed by atoms with Gasteiger partial charge in [-0.3, -0.25) is 9.69 Å². The summed E-state index contributed by atoms with van der Waals surface area (Å²) in [4.78, 5) is 15.2. The summed E-state index contributed by atoms with van der Waals surface area (Å²) in [5, 5.41) is 3.22. The second kappa shape index (κ2) is 7.69. The van der Waals surface area contributed by atoms with Crippen molar-refractivity contribution in [2.75, 3.05) is 18.4 Å². The molecule has 1 saturated heterocycles. The molecule has 0 aromatic heterocycles. The summed E-state index contributed by atoms with van der Waals surface area (Å²) in [7, 11) is 0. The van der Waals surface area contributed by atoms with E-state index in [-0.39, 0.29) is 5.91 Å². The van der Waals surface area contributed by atoms with E-state index in [4.69, 9.17) is 0 Å². The summed E-state index contributed by atoms with van der Waals surface area (Å²) in [6, 6.07) is 6.93. The first-order valence-electron chi connectivity index (χ1n) is 9.69. The summed E-state index contributed by atoms with van der Waals surface area (Å²) < 4.78 is 0. The average molecular weight is 329 g/mol. The number of benzene rings is 1. The Morgan fingerprint density at radius 2 is 1.96 bits per heavy atom. The zero-order valence-corrected chi connectivity index (χ0v) is 15.5. The van der Waals surface area contributed by atoms with Gasteiger partial charge in [0, 0.05) is 11.7 Å². The van der Waals surface area contributed by atoms with E-state index in [0.717, 1.165) is 23.7 Å². The van der Waals surface area contributed by atoms with Crippen molar-refractivity contribution in [3.8, 4) is 0 Å². The average Bonchev–Trinajstić information content (AvgIpc) is 2.57. The highest BCUT2D eigenvalue weighted by Crippen LogP contribution is 2.35. The van der Waals surface area contributed by atoms with Gasteiger partial charge in [0.25, 0.3) is 0 Å². The van der Waals surface area contributed by atoms with Crippen LogP contribution < -0.4 is 5.32 Å². The fourth-order valence-electron chi connectivity index (χ4n) is 4.63. The lowest BCUT2D eigenvalue weighted by Crippen LogP contribution is -2.49. The third-order valence-corrected chi connectivity index (χ3v) is 5.90. The minimum atomic E-state index is 0.150. The number of carbonyl (C=O) groups excluding carboxylic acids is 1. The van der Waals surface area contributed by atoms with E-state index in [1.807, 2.05) is 0 Å². The molecule has 1 N–H and O–H groups in total. The number of nitrogens with one attached hydrogen (secondary N) is 1. The molecule has 24 heavy (non-hydrogen) atoms. The standard InChI is InChI=1S/C21H32N2O/c1-15(2)18-11-6-8-16(3)21(18)22-20(24)14-23-13-7-10-17-9-4-5-12-19(17)23/h6,8,11,15,17,19H,4-5,7,9-10,12-14H2,1-3H3,(H,22,24)/t17-,19-/m0/s1. The molecular formula is C21H32N2O. The Balaban J connectivity index is 1.67. The zero-order valence-electron chi connectivity index (χ0n) is 15.5. The van der Waals surface area contributed by atoms with Crippen molar-refractivity contribution in [1.82, 2.24) is 4.90 Å². The van der Waals surface area contributed by atoms with Crippen LogP contribution in [0.15, 0.2) is 18.2 Å². The maximum absolute atomic E-state index is 12.7. The Labute approximate surface area is 146 Å². The highest BCUT2D eigenvalue weighted by atomic mass is 16.2. The second-order valence-electron chi connectivity index (χ2n) is 7.97. The SMILES string of the molecule is Cc1cccc(C(C)C)c1NC(=O)CN1CCC[C@@H]2CCCC[C@@H]21. The molecular weight excluding hydrogens is 296 g/mol. The van der Waals surface area contributed by atoms with Crippen molar-refractivity contribution < 1.29 is 4.79 Å². The van der Waals surface area contributed by atoms with E-state index in [9.17, 15) is 4.79 Å². The predicted octanol–water partition coefficient (Wildman–Crippen LogP) is 4.71. The van der Waals surface area contributed by atoms with Crippen LogP contribution in [0.4, 0.5) is 5.69 Å². The molecule has 1 aromatic carbocycles. The van der Waals surface area contributed by atoms with E-state index >= 15 is 0 Å². The number of rotatable bonds is 4. The number of carbonyl (C=O) groups is 1. The van der Waals surface area contributed by atoms with Crippen molar-refractivity contribution in [3.63, 3.8) is 0 Å². The van der Waals surface area contributed by atoms with E-state index in [0.29, 0.717) is 18.5 Å². The summed E-state index contributed by atoms with van der Waals surface area (Å²) in [6.45, 7) is 8.08. The molecule has 1 aliphatic carbocycles. The van der Waals surface area contributed by atoms with E-state index in [2.05, 4.69) is 49.2 Å². The van der Waals surface area contributed by atoms with Gasteiger partial charge >= 0.3 is 0 Å². The molecule has 3 heteroatoms. The van der Waals surface area contributed by atoms with Gasteiger partial charge in [-0.15, -0.1) is 0 Å². The van der Waals surface area contributed by atoms with Gasteiger partial charge in [0.2, 0.25) is 5.91 Å². The van der Waals surface area contributed by atoms with Gasteiger partial charge in [-0.1, -0.05) is 44.9 Å². The maximum atomic E-state index is 12.7. The van der Waals surface area contributed by atoms with Crippen LogP contribution in [0.1, 0.15) is 69.4 Å². The van der Waals surface area contributed by atoms with Gasteiger partial charge in [0.1, 0.15) is 0 Å². The molecule has 2 atom stereocenters. The Hall–Kier alpha value is -1.35. The molecule has 3 nitrogen and oxygen atoms in total. The van der Waals surface area contributed by atoms with Crippen LogP contribution in [0.2, 0.25) is 0 Å². The van der Waals surface area contributed by atoms with Crippen LogP contribution >= 0.6 is 0 Å². The normalized spacial score (nSPS) is 24.7. The summed E-state index contributed by atoms with van der Waals surface area (Å²) >= 11 is 0. The maximum Gasteiger partial charge on any atom is 0.238 e. The molecule has 1 aromatic rings. The molecule has 3 rings (SSSR count). The Morgan fingerprint density at radius 1 is 1.21 bits per heavy atom. The van der Waals surface area contributed by atoms with Crippen molar-refractivity contribution in [2.24, 2.45) is 5.92 Å². The van der Waals surface area contributed by atoms with Crippen LogP contribution in [0.5, 0.6) is 0 Å². The molecule has 0 unspecified atom stereocenters. The number of piperidine rings is 1. The summed E-state index contributed by atoms with van der Waals surface area (Å²) in [6.07, 6.45) is 7.95. The summed E-state index contributed by atoms with van der Waals surface area (Å²) in [5.41, 5.74) is 3.41. The van der Waals surface area contributed by atoms with Gasteiger partial charge in [-0.05, 0) is 62.1 Å². The van der Waals surface area contributed by atoms with Gasteiger partial charge in [-0.25, -0.2) is 0 Å². The smallest absolute Gasteiger partial charge is 0.238 e. The molecule has 2 aliphatic rings. The topological polar surface area (TPSA) is 32.3 Å². The van der Waals surface area contributed by atoms with Crippen LogP contribution in [-0.4, -0.2) is 29.9 Å². The number of likely N-dealkylation sites (tertiary alicyclic amines) is 1. The fourth-order valence-corrected chi connectivity index (χ4v) is 4.63. The minimum Gasteiger partial charge on any atom is -0.324 e. The molecule has 1 heterocycles. The van der Waals surface area contributed by atoms with Crippen molar-refractivity contribution in [2.45, 2.75) is 71.3 Å². The number of aryl methyl sites for hydroxylation is 1. The highest BCUT2D eigenvalue weighted by Gasteiger charge is 2.33. The van der Waals surface area contributed by atoms with E-state index in [1.165, 1.54) is 44.1 Å². The minimum absolute atomic E-state index is 0.150. The van der Waals surface area contributed by atoms with Crippen LogP contribution in [-0.2, 0) is 4.79 Å². The quantitative estimate of drug-likeness (QED) is 0.868. The number of amides is 1. The lowest BCUT2D eigenvalue weighted by Gasteiger charge is -2.43. The van der Waals surface area contributed by atoms with Crippen LogP contribution in [0.25, 0.3) is 0 Å². The van der Waals surface area contributed by atoms with E-state index in [1.54, 1.807) is 0 Å². The number of fused-ring (bicyclic) bond motifs is 1. The molecule has 132 valence electrons. The largest absolute Gasteiger partial charge is 0.324 e. The Bertz CT molecular complexity index is 579. The van der Waals surface area contributed by atoms with Crippen molar-refractivity contribution >= 4 is 11.6 Å². The summed E-state index contributed by atoms with van der Waals surface area (Å²) in [5.74, 6) is 1.39. The third kappa shape index (κ3) is 3.83. The molecule has 0 radical (unpaired) electrons. The first-order chi connectivity index (χ1) is 11.6. The van der Waals surface area contributed by atoms with Gasteiger partial charge < -0.3 is 5.32 Å². The fraction of sp³-hybridized carbons (Fsp3) is 0.667. The Kier molecular flexibility index (Phi) is 5.60. The molecule has 0 spiro atoms. The number of para-hydroxylation sites is 1. The van der Waals surface area contributed by atoms with Gasteiger partial charge in [-0.2, -0.15) is 0 Å². The molecule has 2 fully saturated rings. The van der Waals surface area contributed by atoms with Gasteiger partial charge in [0.15, 0.2) is 0 Å². The first kappa shape index (κ1) is 17.5. The van der Waals surface area contributed by atoms with Crippen LogP contribution in [0, 0.1) is 12.8 Å². The predicted molar refractivity (Wildman–Crippen MR) is 100 cm³/mol. The first-order valence-corrected chi connectivity index (χ1v) is 9.69. The monoisotopic (exact) mass is 328 g/mol. The highest BCUT2D eigenvalue weighted by molar-refractivity contribution is 5.94. The molecule has 1 aliphatic heterocycles. The lowest BCUT2D eigenvalue weighted by molar-refractivity contribution is -0.118. The molecule has 1 amide bonds. The van der Waals surface area contributed by atoms with Crippen molar-refractivity contribution in [1.29, 1.82) is 0 Å². The Morgan fingerprint density at radius 3 is 2.75 bits per heavy atom. The number of hydrogen-bond acceptors (Lipinski definition) is 2. The third-order valence-electron chi connectivity index (χ3n) is 5.90. The lowest BCUT2D eigenvalue weighted by atomic mass is 9.78. The van der Waals surface area contributed by atoms with Crippen LogP contribution in [0.3, 0.4) is 0 Å². The number of anilines is 1. The van der Waals surface area contributed by atoms with Crippen molar-refractivity contribution in [3.05, 3.63) is 29.3 Å². The number of hydrogen-bond donors (Lipinski definition) is 1. The van der Waals surface area contributed by atoms with Gasteiger partial charge in [0.05, 0.1) is 6.54 Å². The number of nitrogens with zero attached hydrogens (tertiary/aromatic N) is 1. The molecule has 1 saturated carbocycles. The second-order valence-corrected chi connectivity index (χ2v) is 7.97. The van der Waals surface area contributed by atoms with E-state index < -0.39 is 0 Å². The zero-order chi connectivity index (χ0) is 17.1. The molecule has 0 bridgehead atoms.